The molecule has 3 rings (SSSR count). The molecule has 1 aliphatic rings. The molecule has 1 heterocycles. The van der Waals surface area contributed by atoms with Crippen LogP contribution in [-0.4, -0.2) is 12.7 Å². The second-order valence-corrected chi connectivity index (χ2v) is 4.91. The van der Waals surface area contributed by atoms with E-state index >= 15 is 0 Å². The van der Waals surface area contributed by atoms with Crippen LogP contribution in [0, 0.1) is 6.92 Å². The molecule has 0 bridgehead atoms. The van der Waals surface area contributed by atoms with Gasteiger partial charge in [-0.15, -0.1) is 0 Å². The van der Waals surface area contributed by atoms with Crippen molar-refractivity contribution in [3.63, 3.8) is 0 Å². The number of nitrogens with one attached hydrogen (secondary N) is 1. The van der Waals surface area contributed by atoms with Gasteiger partial charge in [-0.05, 0) is 42.8 Å². The third-order valence-electron chi connectivity index (χ3n) is 3.01. The molecular formula is C15H12ClNO3. The molecule has 0 spiro atoms. The summed E-state index contributed by atoms with van der Waals surface area (Å²) in [6.45, 7) is 2.12. The van der Waals surface area contributed by atoms with Crippen LogP contribution >= 0.6 is 11.6 Å². The van der Waals surface area contributed by atoms with E-state index in [1.807, 2.05) is 13.0 Å². The monoisotopic (exact) mass is 289 g/mol. The highest BCUT2D eigenvalue weighted by Gasteiger charge is 2.16. The van der Waals surface area contributed by atoms with E-state index in [1.54, 1.807) is 30.3 Å². The fourth-order valence-corrected chi connectivity index (χ4v) is 2.24. The summed E-state index contributed by atoms with van der Waals surface area (Å²) in [7, 11) is 0. The van der Waals surface area contributed by atoms with Crippen LogP contribution in [0.25, 0.3) is 0 Å². The molecule has 0 aromatic heterocycles. The third kappa shape index (κ3) is 2.42. The number of halogens is 1. The van der Waals surface area contributed by atoms with Gasteiger partial charge in [-0.25, -0.2) is 0 Å². The van der Waals surface area contributed by atoms with Crippen LogP contribution in [0.2, 0.25) is 5.02 Å². The lowest BCUT2D eigenvalue weighted by molar-refractivity contribution is 0.102. The van der Waals surface area contributed by atoms with Crippen molar-refractivity contribution >= 4 is 23.2 Å². The number of rotatable bonds is 2. The first kappa shape index (κ1) is 12.8. The Bertz CT molecular complexity index is 685. The number of aryl methyl sites for hydroxylation is 1. The number of amides is 1. The van der Waals surface area contributed by atoms with Gasteiger partial charge in [0.15, 0.2) is 11.5 Å². The molecule has 0 fully saturated rings. The molecule has 0 saturated carbocycles. The second-order valence-electron chi connectivity index (χ2n) is 4.51. The number of hydrogen-bond acceptors (Lipinski definition) is 3. The van der Waals surface area contributed by atoms with Crippen LogP contribution < -0.4 is 14.8 Å². The third-order valence-corrected chi connectivity index (χ3v) is 3.32. The van der Waals surface area contributed by atoms with Gasteiger partial charge in [0.05, 0.1) is 10.7 Å². The number of anilines is 1. The number of fused-ring (bicyclic) bond motifs is 1. The van der Waals surface area contributed by atoms with Crippen molar-refractivity contribution < 1.29 is 14.3 Å². The molecule has 0 radical (unpaired) electrons. The largest absolute Gasteiger partial charge is 0.454 e. The maximum Gasteiger partial charge on any atom is 0.255 e. The summed E-state index contributed by atoms with van der Waals surface area (Å²) in [6.07, 6.45) is 0. The van der Waals surface area contributed by atoms with Gasteiger partial charge in [0.2, 0.25) is 6.79 Å². The molecule has 1 N–H and O–H groups in total. The molecule has 1 aliphatic heterocycles. The Morgan fingerprint density at radius 1 is 1.15 bits per heavy atom. The predicted octanol–water partition coefficient (Wildman–Crippen LogP) is 3.63. The lowest BCUT2D eigenvalue weighted by Crippen LogP contribution is -2.12. The quantitative estimate of drug-likeness (QED) is 0.918. The van der Waals surface area contributed by atoms with Crippen molar-refractivity contribution in [2.24, 2.45) is 0 Å². The van der Waals surface area contributed by atoms with Crippen molar-refractivity contribution in [1.82, 2.24) is 0 Å². The Morgan fingerprint density at radius 3 is 2.75 bits per heavy atom. The van der Waals surface area contributed by atoms with Crippen LogP contribution in [0.1, 0.15) is 15.9 Å². The first-order chi connectivity index (χ1) is 9.63. The maximum absolute atomic E-state index is 12.2. The first-order valence-electron chi connectivity index (χ1n) is 6.10. The Kier molecular flexibility index (Phi) is 3.24. The number of benzene rings is 2. The lowest BCUT2D eigenvalue weighted by atomic mass is 10.1. The van der Waals surface area contributed by atoms with Crippen molar-refractivity contribution in [1.29, 1.82) is 0 Å². The summed E-state index contributed by atoms with van der Waals surface area (Å²) < 4.78 is 10.5. The van der Waals surface area contributed by atoms with Crippen LogP contribution in [0.15, 0.2) is 36.4 Å². The minimum Gasteiger partial charge on any atom is -0.454 e. The van der Waals surface area contributed by atoms with Crippen molar-refractivity contribution in [3.05, 3.63) is 52.5 Å². The highest BCUT2D eigenvalue weighted by atomic mass is 35.5. The molecule has 0 unspecified atom stereocenters. The number of hydrogen-bond donors (Lipinski definition) is 1. The summed E-state index contributed by atoms with van der Waals surface area (Å²) in [4.78, 5) is 12.2. The van der Waals surface area contributed by atoms with Crippen molar-refractivity contribution in [2.75, 3.05) is 12.1 Å². The Morgan fingerprint density at radius 2 is 1.95 bits per heavy atom. The van der Waals surface area contributed by atoms with Gasteiger partial charge in [-0.2, -0.15) is 0 Å². The molecular weight excluding hydrogens is 278 g/mol. The summed E-state index contributed by atoms with van der Waals surface area (Å²) >= 11 is 6.10. The van der Waals surface area contributed by atoms with E-state index < -0.39 is 0 Å². The van der Waals surface area contributed by atoms with Crippen LogP contribution in [0.3, 0.4) is 0 Å². The number of carbonyl (C=O) groups excluding carboxylic acids is 1. The van der Waals surface area contributed by atoms with Gasteiger partial charge >= 0.3 is 0 Å². The van der Waals surface area contributed by atoms with Crippen LogP contribution in [-0.2, 0) is 0 Å². The zero-order chi connectivity index (χ0) is 14.1. The van der Waals surface area contributed by atoms with E-state index in [2.05, 4.69) is 5.32 Å². The molecule has 2 aromatic carbocycles. The summed E-state index contributed by atoms with van der Waals surface area (Å²) in [6, 6.07) is 10.5. The Balaban J connectivity index is 1.82. The predicted molar refractivity (Wildman–Crippen MR) is 76.7 cm³/mol. The Labute approximate surface area is 121 Å². The number of ether oxygens (including phenoxy) is 2. The van der Waals surface area contributed by atoms with E-state index in [0.29, 0.717) is 27.8 Å². The normalized spacial score (nSPS) is 12.3. The van der Waals surface area contributed by atoms with Crippen LogP contribution in [0.5, 0.6) is 11.5 Å². The van der Waals surface area contributed by atoms with Gasteiger partial charge in [-0.1, -0.05) is 17.7 Å². The zero-order valence-corrected chi connectivity index (χ0v) is 11.5. The average Bonchev–Trinajstić information content (AvgIpc) is 2.89. The molecule has 102 valence electrons. The molecule has 0 atom stereocenters. The van der Waals surface area contributed by atoms with Gasteiger partial charge in [0.1, 0.15) is 0 Å². The first-order valence-corrected chi connectivity index (χ1v) is 6.48. The average molecular weight is 290 g/mol. The molecule has 0 aliphatic carbocycles. The summed E-state index contributed by atoms with van der Waals surface area (Å²) in [5.74, 6) is 0.983. The molecule has 2 aromatic rings. The fourth-order valence-electron chi connectivity index (χ4n) is 1.95. The van der Waals surface area contributed by atoms with Gasteiger partial charge in [0, 0.05) is 5.56 Å². The molecule has 5 heteroatoms. The summed E-state index contributed by atoms with van der Waals surface area (Å²) in [5, 5.41) is 3.29. The fraction of sp³-hybridized carbons (Fsp3) is 0.133. The van der Waals surface area contributed by atoms with E-state index in [9.17, 15) is 4.79 Å². The Hall–Kier alpha value is -2.20. The maximum atomic E-state index is 12.2. The van der Waals surface area contributed by atoms with Crippen molar-refractivity contribution in [3.8, 4) is 11.5 Å². The van der Waals surface area contributed by atoms with Gasteiger partial charge in [-0.3, -0.25) is 4.79 Å². The van der Waals surface area contributed by atoms with E-state index in [1.165, 1.54) is 0 Å². The lowest BCUT2D eigenvalue weighted by Gasteiger charge is -2.08. The smallest absolute Gasteiger partial charge is 0.255 e. The standard InChI is InChI=1S/C15H12ClNO3/c1-9-2-4-12(11(16)6-9)17-15(18)10-3-5-13-14(7-10)20-8-19-13/h2-7H,8H2,1H3,(H,17,18). The van der Waals surface area contributed by atoms with Gasteiger partial charge < -0.3 is 14.8 Å². The molecule has 1 amide bonds. The highest BCUT2D eigenvalue weighted by molar-refractivity contribution is 6.34. The minimum atomic E-state index is -0.242. The van der Waals surface area contributed by atoms with Crippen LogP contribution in [0.4, 0.5) is 5.69 Å². The molecule has 0 saturated heterocycles. The van der Waals surface area contributed by atoms with Gasteiger partial charge in [0.25, 0.3) is 5.91 Å². The molecule has 4 nitrogen and oxygen atoms in total. The topological polar surface area (TPSA) is 47.6 Å². The van der Waals surface area contributed by atoms with E-state index in [0.717, 1.165) is 5.56 Å². The molecule has 20 heavy (non-hydrogen) atoms. The SMILES string of the molecule is Cc1ccc(NC(=O)c2ccc3c(c2)OCO3)c(Cl)c1. The summed E-state index contributed by atoms with van der Waals surface area (Å²) in [5.41, 5.74) is 2.11. The highest BCUT2D eigenvalue weighted by Crippen LogP contribution is 2.33. The minimum absolute atomic E-state index is 0.185. The van der Waals surface area contributed by atoms with Crippen molar-refractivity contribution in [2.45, 2.75) is 6.92 Å². The van der Waals surface area contributed by atoms with E-state index in [-0.39, 0.29) is 12.7 Å². The second kappa shape index (κ2) is 5.06. The number of carbonyl (C=O) groups is 1. The zero-order valence-electron chi connectivity index (χ0n) is 10.8. The van der Waals surface area contributed by atoms with E-state index in [4.69, 9.17) is 21.1 Å².